The second-order valence-corrected chi connectivity index (χ2v) is 4.15. The number of hydrogen-bond acceptors (Lipinski definition) is 3. The molecule has 1 aliphatic rings. The molecule has 1 aliphatic heterocycles. The molecule has 0 aromatic carbocycles. The highest BCUT2D eigenvalue weighted by atomic mass is 16.1. The van der Waals surface area contributed by atoms with E-state index in [1.165, 1.54) is 6.42 Å². The molecule has 0 aliphatic carbocycles. The third-order valence-corrected chi connectivity index (χ3v) is 2.71. The monoisotopic (exact) mass is 185 g/mol. The van der Waals surface area contributed by atoms with Crippen molar-refractivity contribution in [3.05, 3.63) is 0 Å². The number of carbonyl (C=O) groups is 1. The largest absolute Gasteiger partial charge is 0.368 e. The van der Waals surface area contributed by atoms with Gasteiger partial charge in [0.1, 0.15) is 0 Å². The van der Waals surface area contributed by atoms with Crippen molar-refractivity contribution < 1.29 is 4.79 Å². The van der Waals surface area contributed by atoms with Gasteiger partial charge in [0.05, 0.1) is 6.04 Å². The van der Waals surface area contributed by atoms with Crippen molar-refractivity contribution in [1.29, 1.82) is 0 Å². The fraction of sp³-hybridized carbons (Fsp3) is 0.889. The number of nitrogens with zero attached hydrogens (tertiary/aromatic N) is 1. The van der Waals surface area contributed by atoms with Crippen LogP contribution in [0, 0.1) is 5.92 Å². The van der Waals surface area contributed by atoms with Gasteiger partial charge in [0, 0.05) is 19.1 Å². The summed E-state index contributed by atoms with van der Waals surface area (Å²) in [4.78, 5) is 13.0. The molecular weight excluding hydrogens is 166 g/mol. The Morgan fingerprint density at radius 1 is 1.62 bits per heavy atom. The van der Waals surface area contributed by atoms with Crippen molar-refractivity contribution in [1.82, 2.24) is 4.90 Å². The Morgan fingerprint density at radius 2 is 2.23 bits per heavy atom. The maximum Gasteiger partial charge on any atom is 0.235 e. The fourth-order valence-corrected chi connectivity index (χ4v) is 1.98. The molecule has 76 valence electrons. The number of primary amides is 1. The molecule has 1 amide bonds. The van der Waals surface area contributed by atoms with Gasteiger partial charge in [-0.3, -0.25) is 9.69 Å². The van der Waals surface area contributed by atoms with E-state index in [9.17, 15) is 4.79 Å². The third kappa shape index (κ3) is 2.67. The second kappa shape index (κ2) is 4.07. The first-order chi connectivity index (χ1) is 6.00. The van der Waals surface area contributed by atoms with E-state index in [1.54, 1.807) is 0 Å². The van der Waals surface area contributed by atoms with Crippen LogP contribution in [0.3, 0.4) is 0 Å². The molecule has 0 spiro atoms. The summed E-state index contributed by atoms with van der Waals surface area (Å²) in [7, 11) is 0. The van der Waals surface area contributed by atoms with Crippen molar-refractivity contribution >= 4 is 5.91 Å². The van der Waals surface area contributed by atoms with Crippen LogP contribution in [0.5, 0.6) is 0 Å². The van der Waals surface area contributed by atoms with Crippen LogP contribution in [0.15, 0.2) is 0 Å². The number of hydrogen-bond donors (Lipinski definition) is 2. The van der Waals surface area contributed by atoms with E-state index in [1.807, 2.05) is 0 Å². The fourth-order valence-electron chi connectivity index (χ4n) is 1.98. The molecule has 1 fully saturated rings. The quantitative estimate of drug-likeness (QED) is 0.624. The van der Waals surface area contributed by atoms with Crippen LogP contribution in [0.25, 0.3) is 0 Å². The lowest BCUT2D eigenvalue weighted by molar-refractivity contribution is -0.119. The van der Waals surface area contributed by atoms with Crippen LogP contribution in [-0.4, -0.2) is 36.0 Å². The lowest BCUT2D eigenvalue weighted by Crippen LogP contribution is -2.46. The maximum absolute atomic E-state index is 10.7. The highest BCUT2D eigenvalue weighted by Crippen LogP contribution is 2.21. The minimum atomic E-state index is -0.521. The Balaban J connectivity index is 2.41. The predicted octanol–water partition coefficient (Wildman–Crippen LogP) is -0.471. The summed E-state index contributed by atoms with van der Waals surface area (Å²) >= 11 is 0. The van der Waals surface area contributed by atoms with Gasteiger partial charge in [-0.1, -0.05) is 6.92 Å². The van der Waals surface area contributed by atoms with E-state index < -0.39 is 11.9 Å². The van der Waals surface area contributed by atoms with Crippen molar-refractivity contribution in [3.63, 3.8) is 0 Å². The zero-order chi connectivity index (χ0) is 10.0. The van der Waals surface area contributed by atoms with Crippen LogP contribution >= 0.6 is 0 Å². The van der Waals surface area contributed by atoms with E-state index >= 15 is 0 Å². The number of carbonyl (C=O) groups excluding carboxylic acids is 1. The van der Waals surface area contributed by atoms with Gasteiger partial charge in [0.2, 0.25) is 5.91 Å². The zero-order valence-electron chi connectivity index (χ0n) is 8.36. The number of rotatable bonds is 3. The average molecular weight is 185 g/mol. The molecule has 4 nitrogen and oxygen atoms in total. The first kappa shape index (κ1) is 10.5. The molecule has 3 atom stereocenters. The standard InChI is InChI=1S/C9H19N3O/c1-6-3-7(2)12(4-6)5-8(10)9(11)13/h6-8H,3-5,10H2,1-2H3,(H2,11,13). The normalized spacial score (nSPS) is 31.9. The summed E-state index contributed by atoms with van der Waals surface area (Å²) in [5, 5.41) is 0. The predicted molar refractivity (Wildman–Crippen MR) is 52.0 cm³/mol. The molecule has 1 rings (SSSR count). The first-order valence-corrected chi connectivity index (χ1v) is 4.79. The van der Waals surface area contributed by atoms with Crippen LogP contribution in [0.2, 0.25) is 0 Å². The average Bonchev–Trinajstić information content (AvgIpc) is 2.30. The van der Waals surface area contributed by atoms with Crippen molar-refractivity contribution in [2.24, 2.45) is 17.4 Å². The number of nitrogens with two attached hydrogens (primary N) is 2. The number of likely N-dealkylation sites (tertiary alicyclic amines) is 1. The Kier molecular flexibility index (Phi) is 3.27. The van der Waals surface area contributed by atoms with Crippen molar-refractivity contribution in [2.75, 3.05) is 13.1 Å². The Morgan fingerprint density at radius 3 is 2.62 bits per heavy atom. The SMILES string of the molecule is CC1CC(C)N(CC(N)C(N)=O)C1. The van der Waals surface area contributed by atoms with Gasteiger partial charge in [-0.25, -0.2) is 0 Å². The van der Waals surface area contributed by atoms with Crippen LogP contribution in [-0.2, 0) is 4.79 Å². The molecule has 4 N–H and O–H groups in total. The first-order valence-electron chi connectivity index (χ1n) is 4.79. The van der Waals surface area contributed by atoms with Gasteiger partial charge in [0.15, 0.2) is 0 Å². The molecule has 0 aromatic heterocycles. The Bertz CT molecular complexity index is 195. The van der Waals surface area contributed by atoms with Crippen LogP contribution in [0.1, 0.15) is 20.3 Å². The van der Waals surface area contributed by atoms with Gasteiger partial charge >= 0.3 is 0 Å². The van der Waals surface area contributed by atoms with Gasteiger partial charge in [-0.05, 0) is 19.3 Å². The van der Waals surface area contributed by atoms with E-state index in [0.717, 1.165) is 6.54 Å². The molecular formula is C9H19N3O. The lowest BCUT2D eigenvalue weighted by atomic mass is 10.1. The third-order valence-electron chi connectivity index (χ3n) is 2.71. The van der Waals surface area contributed by atoms with Crippen LogP contribution < -0.4 is 11.5 Å². The summed E-state index contributed by atoms with van der Waals surface area (Å²) < 4.78 is 0. The molecule has 13 heavy (non-hydrogen) atoms. The molecule has 4 heteroatoms. The molecule has 0 radical (unpaired) electrons. The minimum Gasteiger partial charge on any atom is -0.368 e. The molecule has 3 unspecified atom stereocenters. The topological polar surface area (TPSA) is 72.3 Å². The van der Waals surface area contributed by atoms with Crippen molar-refractivity contribution in [2.45, 2.75) is 32.4 Å². The molecule has 0 aromatic rings. The molecule has 0 bridgehead atoms. The smallest absolute Gasteiger partial charge is 0.235 e. The van der Waals surface area contributed by atoms with E-state index in [2.05, 4.69) is 18.7 Å². The van der Waals surface area contributed by atoms with Gasteiger partial charge in [-0.15, -0.1) is 0 Å². The summed E-state index contributed by atoms with van der Waals surface area (Å²) in [5.41, 5.74) is 10.7. The minimum absolute atomic E-state index is 0.410. The second-order valence-electron chi connectivity index (χ2n) is 4.15. The maximum atomic E-state index is 10.7. The zero-order valence-corrected chi connectivity index (χ0v) is 8.36. The Labute approximate surface area is 79.3 Å². The molecule has 1 saturated heterocycles. The molecule has 0 saturated carbocycles. The highest BCUT2D eigenvalue weighted by Gasteiger charge is 2.28. The summed E-state index contributed by atoms with van der Waals surface area (Å²) in [6.07, 6.45) is 1.19. The highest BCUT2D eigenvalue weighted by molar-refractivity contribution is 5.79. The lowest BCUT2D eigenvalue weighted by Gasteiger charge is -2.23. The van der Waals surface area contributed by atoms with Crippen molar-refractivity contribution in [3.8, 4) is 0 Å². The van der Waals surface area contributed by atoms with Gasteiger partial charge in [0.25, 0.3) is 0 Å². The number of amides is 1. The van der Waals surface area contributed by atoms with Gasteiger partial charge < -0.3 is 11.5 Å². The van der Waals surface area contributed by atoms with E-state index in [0.29, 0.717) is 18.5 Å². The van der Waals surface area contributed by atoms with Crippen LogP contribution in [0.4, 0.5) is 0 Å². The summed E-state index contributed by atoms with van der Waals surface area (Å²) in [5.74, 6) is 0.293. The molecule has 1 heterocycles. The summed E-state index contributed by atoms with van der Waals surface area (Å²) in [6, 6.07) is 0.00755. The Hall–Kier alpha value is -0.610. The van der Waals surface area contributed by atoms with E-state index in [4.69, 9.17) is 11.5 Å². The summed E-state index contributed by atoms with van der Waals surface area (Å²) in [6.45, 7) is 6.01. The van der Waals surface area contributed by atoms with E-state index in [-0.39, 0.29) is 0 Å². The van der Waals surface area contributed by atoms with Gasteiger partial charge in [-0.2, -0.15) is 0 Å².